The molecule has 1 atom stereocenters. The van der Waals surface area contributed by atoms with Crippen LogP contribution in [-0.4, -0.2) is 23.0 Å². The van der Waals surface area contributed by atoms with Crippen molar-refractivity contribution in [2.24, 2.45) is 0 Å². The second-order valence-electron chi connectivity index (χ2n) is 6.40. The zero-order chi connectivity index (χ0) is 18.8. The molecule has 0 fully saturated rings. The van der Waals surface area contributed by atoms with E-state index >= 15 is 0 Å². The van der Waals surface area contributed by atoms with E-state index in [-0.39, 0.29) is 6.04 Å². The molecule has 0 aliphatic carbocycles. The highest BCUT2D eigenvalue weighted by Crippen LogP contribution is 2.28. The molecule has 0 bridgehead atoms. The minimum absolute atomic E-state index is 0.0944. The SMILES string of the molecule is COC(=O)c1cnc(-c2ccc(Cl)cc2)nc1C1Cc2ccccc2CN1. The summed E-state index contributed by atoms with van der Waals surface area (Å²) in [5.74, 6) is 0.114. The Labute approximate surface area is 162 Å². The van der Waals surface area contributed by atoms with E-state index in [4.69, 9.17) is 21.3 Å². The Morgan fingerprint density at radius 2 is 1.89 bits per heavy atom. The maximum atomic E-state index is 12.3. The van der Waals surface area contributed by atoms with Crippen LogP contribution in [0.4, 0.5) is 0 Å². The van der Waals surface area contributed by atoms with Crippen LogP contribution in [0.5, 0.6) is 0 Å². The molecule has 3 aromatic rings. The number of carbonyl (C=O) groups is 1. The number of carbonyl (C=O) groups excluding carboxylic acids is 1. The zero-order valence-electron chi connectivity index (χ0n) is 14.8. The lowest BCUT2D eigenvalue weighted by Crippen LogP contribution is -2.31. The van der Waals surface area contributed by atoms with Crippen molar-refractivity contribution in [1.29, 1.82) is 0 Å². The van der Waals surface area contributed by atoms with Crippen LogP contribution < -0.4 is 5.32 Å². The van der Waals surface area contributed by atoms with Crippen LogP contribution in [0.3, 0.4) is 0 Å². The number of hydrogen-bond donors (Lipinski definition) is 1. The molecule has 1 aromatic heterocycles. The third-order valence-electron chi connectivity index (χ3n) is 4.74. The van der Waals surface area contributed by atoms with Crippen LogP contribution in [0, 0.1) is 0 Å². The molecule has 1 aliphatic rings. The van der Waals surface area contributed by atoms with Gasteiger partial charge in [0, 0.05) is 23.3 Å². The van der Waals surface area contributed by atoms with Gasteiger partial charge in [-0.2, -0.15) is 0 Å². The normalized spacial score (nSPS) is 15.9. The van der Waals surface area contributed by atoms with Crippen LogP contribution in [-0.2, 0) is 17.7 Å². The van der Waals surface area contributed by atoms with E-state index in [9.17, 15) is 4.79 Å². The molecule has 0 saturated carbocycles. The van der Waals surface area contributed by atoms with E-state index < -0.39 is 5.97 Å². The average molecular weight is 380 g/mol. The molecule has 136 valence electrons. The van der Waals surface area contributed by atoms with E-state index in [0.717, 1.165) is 18.5 Å². The fraction of sp³-hybridized carbons (Fsp3) is 0.190. The molecule has 2 heterocycles. The number of nitrogens with zero attached hydrogens (tertiary/aromatic N) is 2. The summed E-state index contributed by atoms with van der Waals surface area (Å²) in [5, 5.41) is 4.13. The van der Waals surface area contributed by atoms with Crippen molar-refractivity contribution in [3.8, 4) is 11.4 Å². The largest absolute Gasteiger partial charge is 0.465 e. The van der Waals surface area contributed by atoms with Crippen molar-refractivity contribution in [3.63, 3.8) is 0 Å². The molecule has 0 spiro atoms. The standard InChI is InChI=1S/C21H18ClN3O2/c1-27-21(26)17-12-24-20(13-6-8-16(22)9-7-13)25-19(17)18-10-14-4-2-3-5-15(14)11-23-18/h2-9,12,18,23H,10-11H2,1H3. The van der Waals surface area contributed by atoms with Gasteiger partial charge < -0.3 is 10.1 Å². The Morgan fingerprint density at radius 1 is 1.15 bits per heavy atom. The van der Waals surface area contributed by atoms with Gasteiger partial charge in [-0.05, 0) is 41.8 Å². The monoisotopic (exact) mass is 379 g/mol. The summed E-state index contributed by atoms with van der Waals surface area (Å²) in [7, 11) is 1.36. The Bertz CT molecular complexity index is 989. The van der Waals surface area contributed by atoms with E-state index in [2.05, 4.69) is 22.4 Å². The fourth-order valence-electron chi connectivity index (χ4n) is 3.31. The van der Waals surface area contributed by atoms with Crippen LogP contribution in [0.15, 0.2) is 54.7 Å². The molecule has 1 unspecified atom stereocenters. The van der Waals surface area contributed by atoms with Gasteiger partial charge in [0.05, 0.1) is 18.8 Å². The van der Waals surface area contributed by atoms with Gasteiger partial charge in [-0.3, -0.25) is 0 Å². The van der Waals surface area contributed by atoms with Gasteiger partial charge in [0.15, 0.2) is 5.82 Å². The molecule has 0 amide bonds. The summed E-state index contributed by atoms with van der Waals surface area (Å²) in [5.41, 5.74) is 4.39. The fourth-order valence-corrected chi connectivity index (χ4v) is 3.44. The highest BCUT2D eigenvalue weighted by Gasteiger charge is 2.26. The zero-order valence-corrected chi connectivity index (χ0v) is 15.5. The van der Waals surface area contributed by atoms with Crippen LogP contribution in [0.25, 0.3) is 11.4 Å². The third-order valence-corrected chi connectivity index (χ3v) is 4.99. The van der Waals surface area contributed by atoms with E-state index in [1.165, 1.54) is 18.2 Å². The number of benzene rings is 2. The summed E-state index contributed by atoms with van der Waals surface area (Å²) in [6.07, 6.45) is 2.29. The molecule has 4 rings (SSSR count). The highest BCUT2D eigenvalue weighted by molar-refractivity contribution is 6.30. The predicted molar refractivity (Wildman–Crippen MR) is 104 cm³/mol. The first kappa shape index (κ1) is 17.6. The van der Waals surface area contributed by atoms with Crippen molar-refractivity contribution in [2.75, 3.05) is 7.11 Å². The molecule has 1 aliphatic heterocycles. The van der Waals surface area contributed by atoms with Gasteiger partial charge in [-0.25, -0.2) is 14.8 Å². The first-order chi connectivity index (χ1) is 13.2. The molecule has 0 saturated heterocycles. The number of halogens is 1. The second kappa shape index (κ2) is 7.47. The topological polar surface area (TPSA) is 64.1 Å². The van der Waals surface area contributed by atoms with Gasteiger partial charge in [-0.15, -0.1) is 0 Å². The summed E-state index contributed by atoms with van der Waals surface area (Å²) in [6.45, 7) is 0.724. The van der Waals surface area contributed by atoms with Crippen LogP contribution in [0.1, 0.15) is 33.2 Å². The minimum atomic E-state index is -0.437. The van der Waals surface area contributed by atoms with E-state index in [1.807, 2.05) is 24.3 Å². The molecular formula is C21H18ClN3O2. The lowest BCUT2D eigenvalue weighted by Gasteiger charge is -2.27. The third kappa shape index (κ3) is 3.56. The maximum Gasteiger partial charge on any atom is 0.341 e. The smallest absolute Gasteiger partial charge is 0.341 e. The van der Waals surface area contributed by atoms with Crippen molar-refractivity contribution in [3.05, 3.63) is 82.1 Å². The van der Waals surface area contributed by atoms with Gasteiger partial charge in [0.2, 0.25) is 0 Å². The number of hydrogen-bond acceptors (Lipinski definition) is 5. The van der Waals surface area contributed by atoms with Crippen molar-refractivity contribution in [1.82, 2.24) is 15.3 Å². The summed E-state index contributed by atoms with van der Waals surface area (Å²) < 4.78 is 4.93. The van der Waals surface area contributed by atoms with Gasteiger partial charge >= 0.3 is 5.97 Å². The number of esters is 1. The highest BCUT2D eigenvalue weighted by atomic mass is 35.5. The van der Waals surface area contributed by atoms with Crippen LogP contribution >= 0.6 is 11.6 Å². The second-order valence-corrected chi connectivity index (χ2v) is 6.83. The molecule has 5 nitrogen and oxygen atoms in total. The summed E-state index contributed by atoms with van der Waals surface area (Å²) in [6, 6.07) is 15.5. The number of methoxy groups -OCH3 is 1. The Kier molecular flexibility index (Phi) is 4.88. The molecule has 27 heavy (non-hydrogen) atoms. The lowest BCUT2D eigenvalue weighted by molar-refractivity contribution is 0.0597. The van der Waals surface area contributed by atoms with E-state index in [0.29, 0.717) is 22.1 Å². The number of nitrogens with one attached hydrogen (secondary N) is 1. The summed E-state index contributed by atoms with van der Waals surface area (Å²) in [4.78, 5) is 21.4. The number of aromatic nitrogens is 2. The number of fused-ring (bicyclic) bond motifs is 1. The molecule has 6 heteroatoms. The van der Waals surface area contributed by atoms with Crippen molar-refractivity contribution in [2.45, 2.75) is 19.0 Å². The van der Waals surface area contributed by atoms with Crippen molar-refractivity contribution >= 4 is 17.6 Å². The Hall–Kier alpha value is -2.76. The Balaban J connectivity index is 1.76. The molecule has 0 radical (unpaired) electrons. The van der Waals surface area contributed by atoms with Gasteiger partial charge in [0.1, 0.15) is 5.56 Å². The van der Waals surface area contributed by atoms with Gasteiger partial charge in [-0.1, -0.05) is 35.9 Å². The molecule has 2 aromatic carbocycles. The van der Waals surface area contributed by atoms with Crippen molar-refractivity contribution < 1.29 is 9.53 Å². The molecule has 1 N–H and O–H groups in total. The maximum absolute atomic E-state index is 12.3. The van der Waals surface area contributed by atoms with E-state index in [1.54, 1.807) is 18.3 Å². The minimum Gasteiger partial charge on any atom is -0.465 e. The quantitative estimate of drug-likeness (QED) is 0.697. The Morgan fingerprint density at radius 3 is 2.63 bits per heavy atom. The molecular weight excluding hydrogens is 362 g/mol. The lowest BCUT2D eigenvalue weighted by atomic mass is 9.92. The first-order valence-electron chi connectivity index (χ1n) is 8.67. The number of rotatable bonds is 3. The first-order valence-corrected chi connectivity index (χ1v) is 9.05. The van der Waals surface area contributed by atoms with Crippen LogP contribution in [0.2, 0.25) is 5.02 Å². The van der Waals surface area contributed by atoms with Gasteiger partial charge in [0.25, 0.3) is 0 Å². The summed E-state index contributed by atoms with van der Waals surface area (Å²) >= 11 is 5.97. The average Bonchev–Trinajstić information content (AvgIpc) is 2.73. The number of ether oxygens (including phenoxy) is 1. The predicted octanol–water partition coefficient (Wildman–Crippen LogP) is 3.97.